The Bertz CT molecular complexity index is 985. The normalized spacial score (nSPS) is 13.8. The number of carbonyl (C=O) groups is 2. The second-order valence-electron chi connectivity index (χ2n) is 8.00. The summed E-state index contributed by atoms with van der Waals surface area (Å²) in [5.74, 6) is 0.281. The molecule has 1 amide bonds. The zero-order valence-electron chi connectivity index (χ0n) is 17.2. The highest BCUT2D eigenvalue weighted by Gasteiger charge is 2.18. The molecule has 0 N–H and O–H groups in total. The summed E-state index contributed by atoms with van der Waals surface area (Å²) in [5, 5.41) is 0. The first-order valence-corrected chi connectivity index (χ1v) is 10.7. The maximum absolute atomic E-state index is 12.6. The average Bonchev–Trinajstić information content (AvgIpc) is 2.81. The fraction of sp³-hybridized carbons (Fsp3) is 0.259. The summed E-state index contributed by atoms with van der Waals surface area (Å²) in [6.45, 7) is 1.70. The van der Waals surface area contributed by atoms with E-state index in [1.807, 2.05) is 59.5 Å². The zero-order chi connectivity index (χ0) is 20.8. The maximum atomic E-state index is 12.6. The Morgan fingerprint density at radius 2 is 1.17 bits per heavy atom. The summed E-state index contributed by atoms with van der Waals surface area (Å²) in [4.78, 5) is 27.0. The molecule has 1 fully saturated rings. The molecule has 3 heteroatoms. The summed E-state index contributed by atoms with van der Waals surface area (Å²) in [6, 6.07) is 25.9. The molecule has 30 heavy (non-hydrogen) atoms. The lowest BCUT2D eigenvalue weighted by Crippen LogP contribution is -2.35. The van der Waals surface area contributed by atoms with Gasteiger partial charge in [-0.15, -0.1) is 0 Å². The molecule has 0 radical (unpaired) electrons. The van der Waals surface area contributed by atoms with Gasteiger partial charge in [0.25, 0.3) is 5.91 Å². The Morgan fingerprint density at radius 1 is 0.633 bits per heavy atom. The Hall–Kier alpha value is -3.20. The van der Waals surface area contributed by atoms with Crippen LogP contribution in [0, 0.1) is 0 Å². The highest BCUT2D eigenvalue weighted by atomic mass is 16.2. The van der Waals surface area contributed by atoms with Gasteiger partial charge in [0.1, 0.15) is 5.78 Å². The van der Waals surface area contributed by atoms with Crippen LogP contribution in [-0.2, 0) is 17.6 Å². The van der Waals surface area contributed by atoms with Crippen LogP contribution in [0.1, 0.15) is 40.7 Å². The van der Waals surface area contributed by atoms with Crippen molar-refractivity contribution in [3.63, 3.8) is 0 Å². The Balaban J connectivity index is 1.33. The highest BCUT2D eigenvalue weighted by Crippen LogP contribution is 2.20. The standard InChI is InChI=1S/C27H27NO2/c29-26(19-21-9-13-24(14-10-21)23-7-3-1-4-8-23)20-22-11-15-25(16-12-22)27(30)28-17-5-2-6-18-28/h1,3-4,7-16H,2,5-6,17-20H2. The van der Waals surface area contributed by atoms with Crippen molar-refractivity contribution in [3.8, 4) is 11.1 Å². The number of rotatable bonds is 6. The minimum Gasteiger partial charge on any atom is -0.339 e. The van der Waals surface area contributed by atoms with Gasteiger partial charge in [-0.1, -0.05) is 66.7 Å². The molecule has 0 aliphatic carbocycles. The molecule has 1 aliphatic heterocycles. The molecule has 1 aliphatic rings. The van der Waals surface area contributed by atoms with Crippen LogP contribution in [0.5, 0.6) is 0 Å². The van der Waals surface area contributed by atoms with Crippen LogP contribution >= 0.6 is 0 Å². The van der Waals surface area contributed by atoms with E-state index in [0.717, 1.165) is 42.6 Å². The fourth-order valence-electron chi connectivity index (χ4n) is 4.01. The molecular formula is C27H27NO2. The van der Waals surface area contributed by atoms with E-state index in [1.54, 1.807) is 0 Å². The number of benzene rings is 3. The second kappa shape index (κ2) is 9.53. The van der Waals surface area contributed by atoms with E-state index < -0.39 is 0 Å². The number of ketones is 1. The molecule has 3 nitrogen and oxygen atoms in total. The molecular weight excluding hydrogens is 370 g/mol. The number of carbonyl (C=O) groups excluding carboxylic acids is 2. The summed E-state index contributed by atoms with van der Waals surface area (Å²) in [6.07, 6.45) is 4.19. The third-order valence-electron chi connectivity index (χ3n) is 5.71. The molecule has 0 unspecified atom stereocenters. The molecule has 4 rings (SSSR count). The van der Waals surface area contributed by atoms with Crippen molar-refractivity contribution in [2.75, 3.05) is 13.1 Å². The van der Waals surface area contributed by atoms with E-state index in [2.05, 4.69) is 24.3 Å². The zero-order valence-corrected chi connectivity index (χ0v) is 17.2. The maximum Gasteiger partial charge on any atom is 0.253 e. The van der Waals surface area contributed by atoms with Crippen molar-refractivity contribution in [2.24, 2.45) is 0 Å². The van der Waals surface area contributed by atoms with E-state index in [0.29, 0.717) is 18.4 Å². The van der Waals surface area contributed by atoms with Crippen molar-refractivity contribution in [2.45, 2.75) is 32.1 Å². The number of Topliss-reactive ketones (excluding diaryl/α,β-unsaturated/α-hetero) is 1. The molecule has 3 aromatic rings. The van der Waals surface area contributed by atoms with Crippen molar-refractivity contribution < 1.29 is 9.59 Å². The molecule has 3 aromatic carbocycles. The van der Waals surface area contributed by atoms with Gasteiger partial charge in [0.15, 0.2) is 0 Å². The van der Waals surface area contributed by atoms with Crippen molar-refractivity contribution in [1.82, 2.24) is 4.90 Å². The molecule has 0 bridgehead atoms. The second-order valence-corrected chi connectivity index (χ2v) is 8.00. The lowest BCUT2D eigenvalue weighted by Gasteiger charge is -2.26. The molecule has 0 spiro atoms. The van der Waals surface area contributed by atoms with Crippen LogP contribution in [0.15, 0.2) is 78.9 Å². The van der Waals surface area contributed by atoms with Gasteiger partial charge in [-0.05, 0) is 53.6 Å². The van der Waals surface area contributed by atoms with E-state index in [4.69, 9.17) is 0 Å². The number of nitrogens with zero attached hydrogens (tertiary/aromatic N) is 1. The van der Waals surface area contributed by atoms with Crippen LogP contribution in [0.4, 0.5) is 0 Å². The van der Waals surface area contributed by atoms with E-state index in [-0.39, 0.29) is 11.7 Å². The van der Waals surface area contributed by atoms with Crippen molar-refractivity contribution in [3.05, 3.63) is 95.6 Å². The van der Waals surface area contributed by atoms with Gasteiger partial charge < -0.3 is 4.90 Å². The lowest BCUT2D eigenvalue weighted by molar-refractivity contribution is -0.117. The van der Waals surface area contributed by atoms with Gasteiger partial charge in [0.05, 0.1) is 0 Å². The minimum atomic E-state index is 0.103. The van der Waals surface area contributed by atoms with Gasteiger partial charge in [-0.3, -0.25) is 9.59 Å². The van der Waals surface area contributed by atoms with Crippen LogP contribution in [0.3, 0.4) is 0 Å². The van der Waals surface area contributed by atoms with Crippen LogP contribution < -0.4 is 0 Å². The average molecular weight is 398 g/mol. The van der Waals surface area contributed by atoms with E-state index in [1.165, 1.54) is 12.0 Å². The van der Waals surface area contributed by atoms with Gasteiger partial charge in [0.2, 0.25) is 0 Å². The Labute approximate surface area is 178 Å². The van der Waals surface area contributed by atoms with E-state index >= 15 is 0 Å². The Kier molecular flexibility index (Phi) is 6.38. The third-order valence-corrected chi connectivity index (χ3v) is 5.71. The van der Waals surface area contributed by atoms with Crippen molar-refractivity contribution >= 4 is 11.7 Å². The number of hydrogen-bond donors (Lipinski definition) is 0. The summed E-state index contributed by atoms with van der Waals surface area (Å²) < 4.78 is 0. The molecule has 0 aromatic heterocycles. The Morgan fingerprint density at radius 3 is 1.77 bits per heavy atom. The summed E-state index contributed by atoms with van der Waals surface area (Å²) in [5.41, 5.74) is 5.02. The summed E-state index contributed by atoms with van der Waals surface area (Å²) in [7, 11) is 0. The molecule has 0 saturated carbocycles. The SMILES string of the molecule is O=C(Cc1ccc(C(=O)N2CCCCC2)cc1)Cc1ccc(-c2ccccc2)cc1. The van der Waals surface area contributed by atoms with Gasteiger partial charge in [-0.2, -0.15) is 0 Å². The van der Waals surface area contributed by atoms with Crippen LogP contribution in [0.2, 0.25) is 0 Å². The lowest BCUT2D eigenvalue weighted by atomic mass is 9.99. The first kappa shape index (κ1) is 20.1. The number of hydrogen-bond acceptors (Lipinski definition) is 2. The number of likely N-dealkylation sites (tertiary alicyclic amines) is 1. The van der Waals surface area contributed by atoms with Crippen LogP contribution in [0.25, 0.3) is 11.1 Å². The number of amides is 1. The largest absolute Gasteiger partial charge is 0.339 e. The molecule has 1 heterocycles. The quantitative estimate of drug-likeness (QED) is 0.563. The number of piperidine rings is 1. The molecule has 0 atom stereocenters. The minimum absolute atomic E-state index is 0.103. The van der Waals surface area contributed by atoms with E-state index in [9.17, 15) is 9.59 Å². The first-order chi connectivity index (χ1) is 14.7. The predicted octanol–water partition coefficient (Wildman–Crippen LogP) is 5.33. The highest BCUT2D eigenvalue weighted by molar-refractivity contribution is 5.94. The third kappa shape index (κ3) is 5.04. The summed E-state index contributed by atoms with van der Waals surface area (Å²) >= 11 is 0. The monoisotopic (exact) mass is 397 g/mol. The predicted molar refractivity (Wildman–Crippen MR) is 120 cm³/mol. The first-order valence-electron chi connectivity index (χ1n) is 10.7. The fourth-order valence-corrected chi connectivity index (χ4v) is 4.01. The van der Waals surface area contributed by atoms with Gasteiger partial charge in [0, 0.05) is 31.5 Å². The van der Waals surface area contributed by atoms with Gasteiger partial charge >= 0.3 is 0 Å². The molecule has 1 saturated heterocycles. The van der Waals surface area contributed by atoms with Crippen molar-refractivity contribution in [1.29, 1.82) is 0 Å². The smallest absolute Gasteiger partial charge is 0.253 e. The van der Waals surface area contributed by atoms with Gasteiger partial charge in [-0.25, -0.2) is 0 Å². The molecule has 152 valence electrons. The van der Waals surface area contributed by atoms with Crippen LogP contribution in [-0.4, -0.2) is 29.7 Å². The topological polar surface area (TPSA) is 37.4 Å².